The van der Waals surface area contributed by atoms with E-state index in [9.17, 15) is 0 Å². The van der Waals surface area contributed by atoms with Gasteiger partial charge in [0.1, 0.15) is 0 Å². The maximum Gasteiger partial charge on any atom is 0.235 e. The second-order valence-electron chi connectivity index (χ2n) is 4.82. The number of aromatic nitrogens is 2. The zero-order valence-corrected chi connectivity index (χ0v) is 10.2. The number of hydrogen-bond acceptors (Lipinski definition) is 4. The highest BCUT2D eigenvalue weighted by molar-refractivity contribution is 5.25. The van der Waals surface area contributed by atoms with Gasteiger partial charge in [0.15, 0.2) is 5.82 Å². The molecule has 1 aliphatic carbocycles. The van der Waals surface area contributed by atoms with Crippen LogP contribution in [-0.4, -0.2) is 16.7 Å². The Morgan fingerprint density at radius 3 is 2.67 bits per heavy atom. The van der Waals surface area contributed by atoms with Gasteiger partial charge in [-0.05, 0) is 18.4 Å². The van der Waals surface area contributed by atoms with E-state index in [1.165, 1.54) is 19.3 Å². The molecule has 0 amide bonds. The number of benzene rings is 1. The van der Waals surface area contributed by atoms with Gasteiger partial charge < -0.3 is 10.3 Å². The molecule has 0 radical (unpaired) electrons. The molecule has 4 nitrogen and oxygen atoms in total. The summed E-state index contributed by atoms with van der Waals surface area (Å²) >= 11 is 0. The van der Waals surface area contributed by atoms with Crippen LogP contribution in [-0.2, 0) is 0 Å². The Labute approximate surface area is 106 Å². The first-order valence-electron chi connectivity index (χ1n) is 6.47. The molecule has 1 saturated carbocycles. The largest absolute Gasteiger partial charge is 0.339 e. The van der Waals surface area contributed by atoms with Crippen LogP contribution in [0, 0.1) is 0 Å². The minimum Gasteiger partial charge on any atom is -0.339 e. The minimum absolute atomic E-state index is 0.00697. The minimum atomic E-state index is 0.00697. The molecule has 1 aromatic heterocycles. The lowest BCUT2D eigenvalue weighted by atomic mass is 9.85. The third-order valence-corrected chi connectivity index (χ3v) is 3.66. The van der Waals surface area contributed by atoms with Gasteiger partial charge in [-0.15, -0.1) is 0 Å². The summed E-state index contributed by atoms with van der Waals surface area (Å²) in [6.45, 7) is 0.482. The quantitative estimate of drug-likeness (QED) is 0.895. The standard InChI is InChI=1S/C14H17N3O/c15-9-12(10-5-2-1-3-6-10)14-16-13(17-18-14)11-7-4-8-11/h1-3,5-6,11-12H,4,7-9,15H2. The molecule has 2 aromatic rings. The van der Waals surface area contributed by atoms with Crippen molar-refractivity contribution in [3.63, 3.8) is 0 Å². The normalized spacial score (nSPS) is 17.4. The van der Waals surface area contributed by atoms with Crippen LogP contribution in [0.1, 0.15) is 48.4 Å². The smallest absolute Gasteiger partial charge is 0.235 e. The lowest BCUT2D eigenvalue weighted by molar-refractivity contribution is 0.341. The third kappa shape index (κ3) is 2.04. The molecule has 0 spiro atoms. The Morgan fingerprint density at radius 1 is 1.28 bits per heavy atom. The van der Waals surface area contributed by atoms with E-state index in [0.29, 0.717) is 18.4 Å². The molecule has 94 valence electrons. The van der Waals surface area contributed by atoms with Gasteiger partial charge in [-0.2, -0.15) is 4.98 Å². The predicted octanol–water partition coefficient (Wildman–Crippen LogP) is 2.43. The summed E-state index contributed by atoms with van der Waals surface area (Å²) < 4.78 is 5.39. The van der Waals surface area contributed by atoms with E-state index in [1.54, 1.807) is 0 Å². The SMILES string of the molecule is NCC(c1ccccc1)c1nc(C2CCC2)no1. The van der Waals surface area contributed by atoms with E-state index in [1.807, 2.05) is 30.3 Å². The molecule has 1 aliphatic rings. The summed E-state index contributed by atoms with van der Waals surface area (Å²) in [5.74, 6) is 2.00. The molecule has 3 rings (SSSR count). The number of nitrogens with two attached hydrogens (primary N) is 1. The lowest BCUT2D eigenvalue weighted by Crippen LogP contribution is -2.15. The van der Waals surface area contributed by atoms with Gasteiger partial charge in [0, 0.05) is 12.5 Å². The monoisotopic (exact) mass is 243 g/mol. The summed E-state index contributed by atoms with van der Waals surface area (Å²) in [5, 5.41) is 4.09. The Hall–Kier alpha value is -1.68. The van der Waals surface area contributed by atoms with E-state index in [0.717, 1.165) is 11.4 Å². The van der Waals surface area contributed by atoms with Gasteiger partial charge in [-0.25, -0.2) is 0 Å². The zero-order valence-electron chi connectivity index (χ0n) is 10.2. The lowest BCUT2D eigenvalue weighted by Gasteiger charge is -2.21. The first-order chi connectivity index (χ1) is 8.88. The van der Waals surface area contributed by atoms with Gasteiger partial charge in [0.2, 0.25) is 5.89 Å². The van der Waals surface area contributed by atoms with Crippen LogP contribution in [0.15, 0.2) is 34.9 Å². The molecule has 1 aromatic carbocycles. The fraction of sp³-hybridized carbons (Fsp3) is 0.429. The molecule has 0 bridgehead atoms. The highest BCUT2D eigenvalue weighted by atomic mass is 16.5. The van der Waals surface area contributed by atoms with Crippen molar-refractivity contribution in [3.05, 3.63) is 47.6 Å². The van der Waals surface area contributed by atoms with Crippen molar-refractivity contribution < 1.29 is 4.52 Å². The molecule has 0 aliphatic heterocycles. The van der Waals surface area contributed by atoms with Crippen LogP contribution in [0.25, 0.3) is 0 Å². The van der Waals surface area contributed by atoms with Gasteiger partial charge in [0.25, 0.3) is 0 Å². The number of hydrogen-bond donors (Lipinski definition) is 1. The summed E-state index contributed by atoms with van der Waals surface area (Å²) in [7, 11) is 0. The van der Waals surface area contributed by atoms with Crippen LogP contribution < -0.4 is 5.73 Å². The summed E-state index contributed by atoms with van der Waals surface area (Å²) in [6, 6.07) is 10.1. The third-order valence-electron chi connectivity index (χ3n) is 3.66. The van der Waals surface area contributed by atoms with Crippen molar-refractivity contribution in [2.75, 3.05) is 6.54 Å². The molecule has 1 fully saturated rings. The summed E-state index contributed by atoms with van der Waals surface area (Å²) in [5.41, 5.74) is 6.97. The van der Waals surface area contributed by atoms with Crippen molar-refractivity contribution >= 4 is 0 Å². The number of nitrogens with zero attached hydrogens (tertiary/aromatic N) is 2. The average Bonchev–Trinajstić information content (AvgIpc) is 2.78. The Bertz CT molecular complexity index is 505. The molecule has 0 saturated heterocycles. The molecule has 1 heterocycles. The van der Waals surface area contributed by atoms with Crippen molar-refractivity contribution in [2.45, 2.75) is 31.1 Å². The molecule has 18 heavy (non-hydrogen) atoms. The van der Waals surface area contributed by atoms with E-state index in [2.05, 4.69) is 10.1 Å². The maximum absolute atomic E-state index is 5.84. The van der Waals surface area contributed by atoms with Crippen molar-refractivity contribution in [1.29, 1.82) is 0 Å². The van der Waals surface area contributed by atoms with Crippen LogP contribution in [0.2, 0.25) is 0 Å². The summed E-state index contributed by atoms with van der Waals surface area (Å²) in [4.78, 5) is 4.52. The Balaban J connectivity index is 1.85. The topological polar surface area (TPSA) is 64.9 Å². The molecule has 2 N–H and O–H groups in total. The second-order valence-corrected chi connectivity index (χ2v) is 4.82. The molecular formula is C14H17N3O. The van der Waals surface area contributed by atoms with Gasteiger partial charge >= 0.3 is 0 Å². The average molecular weight is 243 g/mol. The van der Waals surface area contributed by atoms with Crippen molar-refractivity contribution in [2.24, 2.45) is 5.73 Å². The molecular weight excluding hydrogens is 226 g/mol. The fourth-order valence-electron chi connectivity index (χ4n) is 2.29. The van der Waals surface area contributed by atoms with Crippen LogP contribution >= 0.6 is 0 Å². The van der Waals surface area contributed by atoms with Gasteiger partial charge in [-0.1, -0.05) is 41.9 Å². The van der Waals surface area contributed by atoms with E-state index < -0.39 is 0 Å². The highest BCUT2D eigenvalue weighted by Crippen LogP contribution is 2.35. The van der Waals surface area contributed by atoms with Crippen LogP contribution in [0.5, 0.6) is 0 Å². The van der Waals surface area contributed by atoms with Crippen molar-refractivity contribution in [3.8, 4) is 0 Å². The van der Waals surface area contributed by atoms with E-state index in [4.69, 9.17) is 10.3 Å². The molecule has 1 atom stereocenters. The fourth-order valence-corrected chi connectivity index (χ4v) is 2.29. The molecule has 4 heteroatoms. The zero-order chi connectivity index (χ0) is 12.4. The Morgan fingerprint density at radius 2 is 2.06 bits per heavy atom. The second kappa shape index (κ2) is 4.90. The highest BCUT2D eigenvalue weighted by Gasteiger charge is 2.27. The van der Waals surface area contributed by atoms with E-state index in [-0.39, 0.29) is 5.92 Å². The first kappa shape index (κ1) is 11.4. The van der Waals surface area contributed by atoms with Gasteiger partial charge in [-0.3, -0.25) is 0 Å². The number of rotatable bonds is 4. The predicted molar refractivity (Wildman–Crippen MR) is 68.2 cm³/mol. The van der Waals surface area contributed by atoms with Crippen molar-refractivity contribution in [1.82, 2.24) is 10.1 Å². The summed E-state index contributed by atoms with van der Waals surface area (Å²) in [6.07, 6.45) is 3.63. The van der Waals surface area contributed by atoms with Crippen LogP contribution in [0.3, 0.4) is 0 Å². The first-order valence-corrected chi connectivity index (χ1v) is 6.47. The maximum atomic E-state index is 5.84. The van der Waals surface area contributed by atoms with E-state index >= 15 is 0 Å². The Kier molecular flexibility index (Phi) is 3.11. The molecule has 1 unspecified atom stereocenters. The van der Waals surface area contributed by atoms with Crippen LogP contribution in [0.4, 0.5) is 0 Å². The van der Waals surface area contributed by atoms with Gasteiger partial charge in [0.05, 0.1) is 5.92 Å².